The number of halogens is 1. The maximum absolute atomic E-state index is 5.93. The van der Waals surface area contributed by atoms with Gasteiger partial charge in [-0.1, -0.05) is 41.9 Å². The summed E-state index contributed by atoms with van der Waals surface area (Å²) in [6.07, 6.45) is 0. The second-order valence-electron chi connectivity index (χ2n) is 3.44. The van der Waals surface area contributed by atoms with E-state index in [-0.39, 0.29) is 5.96 Å². The van der Waals surface area contributed by atoms with Crippen LogP contribution in [0.1, 0.15) is 10.4 Å². The molecule has 1 aromatic heterocycles. The molecule has 0 aliphatic heterocycles. The molecule has 92 valence electrons. The van der Waals surface area contributed by atoms with E-state index in [2.05, 4.69) is 10.2 Å². The summed E-state index contributed by atoms with van der Waals surface area (Å²) in [5.74, 6) is -0.0777. The van der Waals surface area contributed by atoms with Crippen molar-refractivity contribution in [2.45, 2.75) is 0 Å². The van der Waals surface area contributed by atoms with Crippen LogP contribution in [0.5, 0.6) is 0 Å². The van der Waals surface area contributed by atoms with Gasteiger partial charge in [0.05, 0.1) is 9.21 Å². The van der Waals surface area contributed by atoms with E-state index in [9.17, 15) is 0 Å². The summed E-state index contributed by atoms with van der Waals surface area (Å²) < 4.78 is 0.693. The highest BCUT2D eigenvalue weighted by Crippen LogP contribution is 2.24. The lowest BCUT2D eigenvalue weighted by Gasteiger charge is -2.02. The summed E-state index contributed by atoms with van der Waals surface area (Å²) >= 11 is 7.36. The van der Waals surface area contributed by atoms with Gasteiger partial charge < -0.3 is 11.5 Å². The lowest BCUT2D eigenvalue weighted by molar-refractivity contribution is 1.20. The van der Waals surface area contributed by atoms with E-state index in [1.807, 2.05) is 42.5 Å². The van der Waals surface area contributed by atoms with E-state index in [4.69, 9.17) is 23.1 Å². The van der Waals surface area contributed by atoms with Crippen LogP contribution in [0.15, 0.2) is 52.7 Å². The van der Waals surface area contributed by atoms with E-state index in [1.165, 1.54) is 11.3 Å². The number of hydrogen-bond acceptors (Lipinski definition) is 3. The summed E-state index contributed by atoms with van der Waals surface area (Å²) in [5, 5.41) is 7.79. The molecule has 0 aliphatic carbocycles. The molecule has 1 aromatic carbocycles. The third-order valence-corrected chi connectivity index (χ3v) is 3.36. The first kappa shape index (κ1) is 12.6. The van der Waals surface area contributed by atoms with Crippen molar-refractivity contribution in [3.63, 3.8) is 0 Å². The lowest BCUT2D eigenvalue weighted by Crippen LogP contribution is -2.22. The lowest BCUT2D eigenvalue weighted by atomic mass is 10.1. The predicted octanol–water partition coefficient (Wildman–Crippen LogP) is 2.43. The first-order valence-electron chi connectivity index (χ1n) is 5.14. The van der Waals surface area contributed by atoms with Crippen LogP contribution in [0.3, 0.4) is 0 Å². The second kappa shape index (κ2) is 5.66. The topological polar surface area (TPSA) is 76.8 Å². The minimum Gasteiger partial charge on any atom is -0.369 e. The average Bonchev–Trinajstić information content (AvgIpc) is 2.77. The van der Waals surface area contributed by atoms with Crippen LogP contribution >= 0.6 is 22.9 Å². The Kier molecular flexibility index (Phi) is 3.96. The van der Waals surface area contributed by atoms with Crippen molar-refractivity contribution in [3.05, 3.63) is 57.2 Å². The molecule has 2 rings (SSSR count). The summed E-state index contributed by atoms with van der Waals surface area (Å²) in [4.78, 5) is 0.913. The first-order chi connectivity index (χ1) is 8.66. The van der Waals surface area contributed by atoms with Gasteiger partial charge in [0.2, 0.25) is 5.96 Å². The fraction of sp³-hybridized carbons (Fsp3) is 0. The van der Waals surface area contributed by atoms with Gasteiger partial charge in [-0.2, -0.15) is 0 Å². The molecule has 4 nitrogen and oxygen atoms in total. The smallest absolute Gasteiger partial charge is 0.211 e. The van der Waals surface area contributed by atoms with Crippen molar-refractivity contribution >= 4 is 34.6 Å². The van der Waals surface area contributed by atoms with E-state index in [1.54, 1.807) is 0 Å². The number of thiophene rings is 1. The predicted molar refractivity (Wildman–Crippen MR) is 77.2 cm³/mol. The molecule has 2 aromatic rings. The zero-order valence-corrected chi connectivity index (χ0v) is 10.9. The fourth-order valence-corrected chi connectivity index (χ4v) is 2.44. The maximum Gasteiger partial charge on any atom is 0.211 e. The molecule has 4 N–H and O–H groups in total. The van der Waals surface area contributed by atoms with Gasteiger partial charge in [0, 0.05) is 5.56 Å². The Morgan fingerprint density at radius 3 is 2.28 bits per heavy atom. The van der Waals surface area contributed by atoms with Crippen LogP contribution in [0.4, 0.5) is 0 Å². The van der Waals surface area contributed by atoms with Gasteiger partial charge in [-0.15, -0.1) is 21.5 Å². The quantitative estimate of drug-likeness (QED) is 0.514. The van der Waals surface area contributed by atoms with Crippen LogP contribution in [0.2, 0.25) is 4.34 Å². The molecule has 18 heavy (non-hydrogen) atoms. The Bertz CT molecular complexity index is 585. The molecule has 0 saturated carbocycles. The van der Waals surface area contributed by atoms with Crippen LogP contribution in [0, 0.1) is 0 Å². The van der Waals surface area contributed by atoms with Crippen molar-refractivity contribution < 1.29 is 0 Å². The van der Waals surface area contributed by atoms with Gasteiger partial charge in [-0.05, 0) is 12.1 Å². The van der Waals surface area contributed by atoms with E-state index < -0.39 is 0 Å². The Balaban J connectivity index is 2.48. The molecule has 0 fully saturated rings. The summed E-state index contributed by atoms with van der Waals surface area (Å²) in [6.45, 7) is 0. The van der Waals surface area contributed by atoms with Crippen molar-refractivity contribution in [2.24, 2.45) is 21.7 Å². The van der Waals surface area contributed by atoms with E-state index in [0.29, 0.717) is 10.0 Å². The molecule has 0 amide bonds. The van der Waals surface area contributed by atoms with Crippen molar-refractivity contribution in [2.75, 3.05) is 0 Å². The minimum absolute atomic E-state index is 0.0777. The molecule has 0 unspecified atom stereocenters. The molecule has 0 radical (unpaired) electrons. The number of benzene rings is 1. The van der Waals surface area contributed by atoms with Gasteiger partial charge in [0.15, 0.2) is 0 Å². The molecule has 1 heterocycles. The monoisotopic (exact) mass is 278 g/mol. The Labute approximate surface area is 114 Å². The molecular formula is C12H11ClN4S. The molecular weight excluding hydrogens is 268 g/mol. The largest absolute Gasteiger partial charge is 0.369 e. The number of nitrogens with two attached hydrogens (primary N) is 2. The van der Waals surface area contributed by atoms with Crippen LogP contribution in [-0.4, -0.2) is 11.7 Å². The standard InChI is InChI=1S/C12H11ClN4S/c13-10-7-6-9(18-10)11(16-17-12(14)15)8-4-2-1-3-5-8/h1-7H,(H4,14,15,17)/b16-11+. The highest BCUT2D eigenvalue weighted by atomic mass is 35.5. The molecule has 0 spiro atoms. The normalized spacial score (nSPS) is 11.3. The Hall–Kier alpha value is -1.85. The van der Waals surface area contributed by atoms with Gasteiger partial charge >= 0.3 is 0 Å². The highest BCUT2D eigenvalue weighted by Gasteiger charge is 2.09. The zero-order chi connectivity index (χ0) is 13.0. The fourth-order valence-electron chi connectivity index (χ4n) is 1.39. The van der Waals surface area contributed by atoms with Crippen molar-refractivity contribution in [3.8, 4) is 0 Å². The van der Waals surface area contributed by atoms with Gasteiger partial charge in [0.25, 0.3) is 0 Å². The number of guanidine groups is 1. The first-order valence-corrected chi connectivity index (χ1v) is 6.34. The molecule has 0 bridgehead atoms. The Morgan fingerprint density at radius 1 is 1.00 bits per heavy atom. The van der Waals surface area contributed by atoms with Crippen molar-refractivity contribution in [1.29, 1.82) is 0 Å². The Morgan fingerprint density at radius 2 is 1.72 bits per heavy atom. The second-order valence-corrected chi connectivity index (χ2v) is 5.16. The van der Waals surface area contributed by atoms with Crippen LogP contribution < -0.4 is 11.5 Å². The molecule has 0 saturated heterocycles. The summed E-state index contributed by atoms with van der Waals surface area (Å²) in [7, 11) is 0. The highest BCUT2D eigenvalue weighted by molar-refractivity contribution is 7.18. The van der Waals surface area contributed by atoms with E-state index >= 15 is 0 Å². The molecule has 6 heteroatoms. The summed E-state index contributed by atoms with van der Waals surface area (Å²) in [5.41, 5.74) is 12.2. The summed E-state index contributed by atoms with van der Waals surface area (Å²) in [6, 6.07) is 13.4. The van der Waals surface area contributed by atoms with Crippen LogP contribution in [0.25, 0.3) is 0 Å². The van der Waals surface area contributed by atoms with Gasteiger partial charge in [0.1, 0.15) is 5.71 Å². The molecule has 0 atom stereocenters. The minimum atomic E-state index is -0.0777. The SMILES string of the molecule is NC(N)=N/N=C(\c1ccccc1)c1ccc(Cl)s1. The van der Waals surface area contributed by atoms with Gasteiger partial charge in [-0.25, -0.2) is 0 Å². The number of hydrogen-bond donors (Lipinski definition) is 2. The number of nitrogens with zero attached hydrogens (tertiary/aromatic N) is 2. The third-order valence-electron chi connectivity index (χ3n) is 2.12. The molecule has 0 aliphatic rings. The van der Waals surface area contributed by atoms with Crippen molar-refractivity contribution in [1.82, 2.24) is 0 Å². The van der Waals surface area contributed by atoms with Gasteiger partial charge in [-0.3, -0.25) is 0 Å². The maximum atomic E-state index is 5.93. The average molecular weight is 279 g/mol. The third kappa shape index (κ3) is 3.09. The zero-order valence-electron chi connectivity index (χ0n) is 9.38. The number of rotatable bonds is 3. The van der Waals surface area contributed by atoms with Crippen LogP contribution in [-0.2, 0) is 0 Å². The van der Waals surface area contributed by atoms with E-state index in [0.717, 1.165) is 10.4 Å².